The van der Waals surface area contributed by atoms with Crippen molar-refractivity contribution in [3.05, 3.63) is 59.7 Å². The number of thioether (sulfide) groups is 1. The number of carbonyl (C=O) groups is 1. The smallest absolute Gasteiger partial charge is 0.257 e. The van der Waals surface area contributed by atoms with Crippen molar-refractivity contribution in [3.8, 4) is 12.3 Å². The Hall–Kier alpha value is -2.71. The molecular formula is C18H14N2O2S. The van der Waals surface area contributed by atoms with Crippen molar-refractivity contribution in [1.29, 1.82) is 0 Å². The van der Waals surface area contributed by atoms with Crippen LogP contribution in [0.25, 0.3) is 11.1 Å². The molecule has 2 aromatic carbocycles. The van der Waals surface area contributed by atoms with E-state index in [0.717, 1.165) is 16.7 Å². The Morgan fingerprint density at radius 3 is 2.83 bits per heavy atom. The molecule has 3 rings (SSSR count). The van der Waals surface area contributed by atoms with Gasteiger partial charge in [0.15, 0.2) is 5.58 Å². The third-order valence-electron chi connectivity index (χ3n) is 3.24. The molecule has 0 aliphatic heterocycles. The Kier molecular flexibility index (Phi) is 4.65. The lowest BCUT2D eigenvalue weighted by atomic mass is 10.1. The Morgan fingerprint density at radius 2 is 2.00 bits per heavy atom. The molecule has 1 N–H and O–H groups in total. The van der Waals surface area contributed by atoms with Gasteiger partial charge >= 0.3 is 0 Å². The summed E-state index contributed by atoms with van der Waals surface area (Å²) in [5, 5.41) is 3.27. The summed E-state index contributed by atoms with van der Waals surface area (Å²) in [6.45, 7) is 0.214. The SMILES string of the molecule is C#CCNC(=O)c1ccccc1CSc1nc2ccccc2o1. The van der Waals surface area contributed by atoms with E-state index in [4.69, 9.17) is 10.8 Å². The van der Waals surface area contributed by atoms with Crippen LogP contribution in [0.1, 0.15) is 15.9 Å². The van der Waals surface area contributed by atoms with E-state index in [1.54, 1.807) is 6.07 Å². The first kappa shape index (κ1) is 15.2. The number of benzene rings is 2. The third-order valence-corrected chi connectivity index (χ3v) is 4.12. The number of oxazole rings is 1. The van der Waals surface area contributed by atoms with Crippen molar-refractivity contribution in [1.82, 2.24) is 10.3 Å². The van der Waals surface area contributed by atoms with Gasteiger partial charge in [0.25, 0.3) is 11.1 Å². The number of carbonyl (C=O) groups excluding carboxylic acids is 1. The van der Waals surface area contributed by atoms with Crippen molar-refractivity contribution < 1.29 is 9.21 Å². The number of terminal acetylenes is 1. The van der Waals surface area contributed by atoms with Crippen molar-refractivity contribution >= 4 is 28.8 Å². The van der Waals surface area contributed by atoms with Gasteiger partial charge in [0.1, 0.15) is 5.52 Å². The highest BCUT2D eigenvalue weighted by molar-refractivity contribution is 7.98. The molecule has 23 heavy (non-hydrogen) atoms. The number of aromatic nitrogens is 1. The zero-order chi connectivity index (χ0) is 16.1. The average Bonchev–Trinajstić information content (AvgIpc) is 3.01. The Labute approximate surface area is 138 Å². The van der Waals surface area contributed by atoms with E-state index >= 15 is 0 Å². The molecule has 0 fully saturated rings. The Morgan fingerprint density at radius 1 is 1.22 bits per heavy atom. The van der Waals surface area contributed by atoms with Crippen LogP contribution in [0.15, 0.2) is 58.2 Å². The zero-order valence-corrected chi connectivity index (χ0v) is 13.1. The fourth-order valence-corrected chi connectivity index (χ4v) is 2.99. The number of nitrogens with one attached hydrogen (secondary N) is 1. The highest BCUT2D eigenvalue weighted by atomic mass is 32.2. The molecule has 0 unspecified atom stereocenters. The van der Waals surface area contributed by atoms with Gasteiger partial charge in [0.2, 0.25) is 0 Å². The summed E-state index contributed by atoms with van der Waals surface area (Å²) in [6.07, 6.45) is 5.17. The molecule has 0 saturated heterocycles. The van der Waals surface area contributed by atoms with Crippen LogP contribution in [0.3, 0.4) is 0 Å². The Balaban J connectivity index is 1.75. The number of nitrogens with zero attached hydrogens (tertiary/aromatic N) is 1. The second kappa shape index (κ2) is 7.03. The summed E-state index contributed by atoms with van der Waals surface area (Å²) in [7, 11) is 0. The summed E-state index contributed by atoms with van der Waals surface area (Å²) < 4.78 is 5.68. The summed E-state index contributed by atoms with van der Waals surface area (Å²) in [5.41, 5.74) is 3.12. The minimum Gasteiger partial charge on any atom is -0.431 e. The van der Waals surface area contributed by atoms with E-state index in [1.165, 1.54) is 11.8 Å². The number of amides is 1. The van der Waals surface area contributed by atoms with Gasteiger partial charge in [-0.05, 0) is 23.8 Å². The molecule has 114 valence electrons. The lowest BCUT2D eigenvalue weighted by molar-refractivity contribution is 0.0958. The maximum atomic E-state index is 12.1. The van der Waals surface area contributed by atoms with Gasteiger partial charge in [-0.25, -0.2) is 4.98 Å². The molecule has 0 atom stereocenters. The second-order valence-electron chi connectivity index (χ2n) is 4.78. The third kappa shape index (κ3) is 3.55. The molecule has 1 amide bonds. The van der Waals surface area contributed by atoms with Crippen LogP contribution < -0.4 is 5.32 Å². The van der Waals surface area contributed by atoms with Crippen molar-refractivity contribution in [2.45, 2.75) is 11.0 Å². The van der Waals surface area contributed by atoms with Gasteiger partial charge in [0.05, 0.1) is 6.54 Å². The maximum absolute atomic E-state index is 12.1. The second-order valence-corrected chi connectivity index (χ2v) is 5.71. The number of rotatable bonds is 5. The normalized spacial score (nSPS) is 10.4. The first-order valence-electron chi connectivity index (χ1n) is 7.06. The minimum atomic E-state index is -0.170. The monoisotopic (exact) mass is 322 g/mol. The molecule has 0 spiro atoms. The number of hydrogen-bond acceptors (Lipinski definition) is 4. The van der Waals surface area contributed by atoms with Gasteiger partial charge < -0.3 is 9.73 Å². The lowest BCUT2D eigenvalue weighted by Gasteiger charge is -2.07. The quantitative estimate of drug-likeness (QED) is 0.577. The maximum Gasteiger partial charge on any atom is 0.257 e. The van der Waals surface area contributed by atoms with E-state index in [1.807, 2.05) is 42.5 Å². The van der Waals surface area contributed by atoms with E-state index in [0.29, 0.717) is 16.5 Å². The molecule has 0 bridgehead atoms. The van der Waals surface area contributed by atoms with Crippen LogP contribution in [-0.2, 0) is 5.75 Å². The van der Waals surface area contributed by atoms with Crippen LogP contribution in [0, 0.1) is 12.3 Å². The number of hydrogen-bond donors (Lipinski definition) is 1. The molecule has 0 saturated carbocycles. The predicted molar refractivity (Wildman–Crippen MR) is 91.2 cm³/mol. The van der Waals surface area contributed by atoms with Crippen LogP contribution in [0.2, 0.25) is 0 Å². The van der Waals surface area contributed by atoms with Crippen molar-refractivity contribution in [2.24, 2.45) is 0 Å². The van der Waals surface area contributed by atoms with E-state index in [9.17, 15) is 4.79 Å². The largest absolute Gasteiger partial charge is 0.431 e. The average molecular weight is 322 g/mol. The molecule has 1 heterocycles. The molecule has 0 radical (unpaired) electrons. The molecule has 4 nitrogen and oxygen atoms in total. The van der Waals surface area contributed by atoms with Crippen LogP contribution >= 0.6 is 11.8 Å². The first-order chi connectivity index (χ1) is 11.3. The van der Waals surface area contributed by atoms with Crippen molar-refractivity contribution in [2.75, 3.05) is 6.54 Å². The van der Waals surface area contributed by atoms with Gasteiger partial charge in [-0.15, -0.1) is 6.42 Å². The van der Waals surface area contributed by atoms with E-state index in [-0.39, 0.29) is 12.5 Å². The van der Waals surface area contributed by atoms with Gasteiger partial charge in [0, 0.05) is 11.3 Å². The summed E-state index contributed by atoms with van der Waals surface area (Å²) in [5.74, 6) is 2.82. The molecule has 3 aromatic rings. The Bertz CT molecular complexity index is 847. The highest BCUT2D eigenvalue weighted by Gasteiger charge is 2.12. The van der Waals surface area contributed by atoms with Gasteiger partial charge in [-0.1, -0.05) is 48.0 Å². The fourth-order valence-electron chi connectivity index (χ4n) is 2.15. The topological polar surface area (TPSA) is 55.1 Å². The molecule has 0 aliphatic rings. The molecular weight excluding hydrogens is 308 g/mol. The van der Waals surface area contributed by atoms with Crippen LogP contribution in [0.4, 0.5) is 0 Å². The first-order valence-corrected chi connectivity index (χ1v) is 8.04. The summed E-state index contributed by atoms with van der Waals surface area (Å²) in [6, 6.07) is 15.1. The number of para-hydroxylation sites is 2. The van der Waals surface area contributed by atoms with E-state index < -0.39 is 0 Å². The highest BCUT2D eigenvalue weighted by Crippen LogP contribution is 2.27. The zero-order valence-electron chi connectivity index (χ0n) is 12.3. The van der Waals surface area contributed by atoms with Gasteiger partial charge in [-0.2, -0.15) is 0 Å². The summed E-state index contributed by atoms with van der Waals surface area (Å²) in [4.78, 5) is 16.5. The number of fused-ring (bicyclic) bond motifs is 1. The molecule has 1 aromatic heterocycles. The van der Waals surface area contributed by atoms with Crippen LogP contribution in [-0.4, -0.2) is 17.4 Å². The van der Waals surface area contributed by atoms with Crippen molar-refractivity contribution in [3.63, 3.8) is 0 Å². The fraction of sp³-hybridized carbons (Fsp3) is 0.111. The molecule has 0 aliphatic carbocycles. The standard InChI is InChI=1S/C18H14N2O2S/c1-2-11-19-17(21)14-8-4-3-7-13(14)12-23-18-20-15-9-5-6-10-16(15)22-18/h1,3-10H,11-12H2,(H,19,21). The van der Waals surface area contributed by atoms with Crippen LogP contribution in [0.5, 0.6) is 0 Å². The molecule has 5 heteroatoms. The van der Waals surface area contributed by atoms with Gasteiger partial charge in [-0.3, -0.25) is 4.79 Å². The lowest BCUT2D eigenvalue weighted by Crippen LogP contribution is -2.24. The minimum absolute atomic E-state index is 0.170. The summed E-state index contributed by atoms with van der Waals surface area (Å²) >= 11 is 1.46. The van der Waals surface area contributed by atoms with E-state index in [2.05, 4.69) is 16.2 Å². The predicted octanol–water partition coefficient (Wildman–Crippen LogP) is 3.48.